The molecular formula is C16H21N3. The van der Waals surface area contributed by atoms with Gasteiger partial charge in [-0.25, -0.2) is 9.97 Å². The van der Waals surface area contributed by atoms with E-state index in [9.17, 15) is 0 Å². The van der Waals surface area contributed by atoms with E-state index in [4.69, 9.17) is 0 Å². The van der Waals surface area contributed by atoms with Gasteiger partial charge in [0, 0.05) is 6.20 Å². The van der Waals surface area contributed by atoms with Gasteiger partial charge in [0.25, 0.3) is 0 Å². The first-order valence-electron chi connectivity index (χ1n) is 6.86. The molecule has 1 aromatic heterocycles. The molecule has 1 atom stereocenters. The Morgan fingerprint density at radius 1 is 1.11 bits per heavy atom. The molecule has 0 radical (unpaired) electrons. The lowest BCUT2D eigenvalue weighted by atomic mass is 10.0. The third kappa shape index (κ3) is 3.38. The molecule has 1 N–H and O–H groups in total. The predicted molar refractivity (Wildman–Crippen MR) is 78.1 cm³/mol. The normalized spacial score (nSPS) is 12.4. The van der Waals surface area contributed by atoms with Crippen LogP contribution in [0.1, 0.15) is 42.5 Å². The summed E-state index contributed by atoms with van der Waals surface area (Å²) in [7, 11) is 0. The molecule has 1 aromatic carbocycles. The van der Waals surface area contributed by atoms with Crippen molar-refractivity contribution in [3.05, 3.63) is 59.2 Å². The van der Waals surface area contributed by atoms with E-state index in [2.05, 4.69) is 53.4 Å². The molecule has 0 aliphatic rings. The molecule has 0 fully saturated rings. The van der Waals surface area contributed by atoms with Crippen LogP contribution in [0.3, 0.4) is 0 Å². The van der Waals surface area contributed by atoms with Crippen LogP contribution in [0.4, 0.5) is 0 Å². The summed E-state index contributed by atoms with van der Waals surface area (Å²) in [6.45, 7) is 7.11. The van der Waals surface area contributed by atoms with Gasteiger partial charge >= 0.3 is 0 Å². The highest BCUT2D eigenvalue weighted by molar-refractivity contribution is 5.30. The quantitative estimate of drug-likeness (QED) is 0.892. The summed E-state index contributed by atoms with van der Waals surface area (Å²) in [6.07, 6.45) is 2.89. The minimum Gasteiger partial charge on any atom is -0.305 e. The van der Waals surface area contributed by atoms with Crippen LogP contribution in [-0.4, -0.2) is 16.5 Å². The van der Waals surface area contributed by atoms with E-state index in [-0.39, 0.29) is 6.04 Å². The van der Waals surface area contributed by atoms with Gasteiger partial charge in [0.05, 0.1) is 11.7 Å². The van der Waals surface area contributed by atoms with Crippen molar-refractivity contribution in [3.8, 4) is 0 Å². The summed E-state index contributed by atoms with van der Waals surface area (Å²) in [4.78, 5) is 8.70. The topological polar surface area (TPSA) is 37.8 Å². The summed E-state index contributed by atoms with van der Waals surface area (Å²) in [5, 5.41) is 3.49. The van der Waals surface area contributed by atoms with Gasteiger partial charge in [0.1, 0.15) is 5.82 Å². The van der Waals surface area contributed by atoms with Crippen LogP contribution in [0.2, 0.25) is 0 Å². The van der Waals surface area contributed by atoms with E-state index in [1.807, 2.05) is 19.2 Å². The van der Waals surface area contributed by atoms with E-state index in [0.717, 1.165) is 24.5 Å². The third-order valence-corrected chi connectivity index (χ3v) is 3.22. The molecule has 3 heteroatoms. The van der Waals surface area contributed by atoms with E-state index in [0.29, 0.717) is 0 Å². The van der Waals surface area contributed by atoms with Crippen LogP contribution in [0.25, 0.3) is 0 Å². The molecule has 0 aliphatic carbocycles. The molecule has 100 valence electrons. The van der Waals surface area contributed by atoms with Crippen molar-refractivity contribution in [1.29, 1.82) is 0 Å². The number of hydrogen-bond donors (Lipinski definition) is 1. The smallest absolute Gasteiger partial charge is 0.125 e. The first kappa shape index (κ1) is 13.7. The predicted octanol–water partition coefficient (Wildman–Crippen LogP) is 3.05. The average Bonchev–Trinajstić information content (AvgIpc) is 2.45. The van der Waals surface area contributed by atoms with Crippen LogP contribution in [0.15, 0.2) is 36.5 Å². The van der Waals surface area contributed by atoms with Gasteiger partial charge in [-0.15, -0.1) is 0 Å². The highest BCUT2D eigenvalue weighted by atomic mass is 15.0. The molecule has 3 nitrogen and oxygen atoms in total. The van der Waals surface area contributed by atoms with Gasteiger partial charge in [-0.2, -0.15) is 0 Å². The standard InChI is InChI=1S/C16H21N3/c1-4-13-6-8-14(9-7-13)16(17-5-2)15-10-11-18-12(3)19-15/h6-11,16-17H,4-5H2,1-3H3. The van der Waals surface area contributed by atoms with Crippen LogP contribution < -0.4 is 5.32 Å². The van der Waals surface area contributed by atoms with Gasteiger partial charge in [0.15, 0.2) is 0 Å². The highest BCUT2D eigenvalue weighted by Crippen LogP contribution is 2.20. The Morgan fingerprint density at radius 2 is 1.84 bits per heavy atom. The van der Waals surface area contributed by atoms with Crippen molar-refractivity contribution in [2.24, 2.45) is 0 Å². The summed E-state index contributed by atoms with van der Waals surface area (Å²) in [5.41, 5.74) is 3.63. The number of benzene rings is 1. The Bertz CT molecular complexity index is 520. The van der Waals surface area contributed by atoms with Gasteiger partial charge in [-0.3, -0.25) is 0 Å². The first-order chi connectivity index (χ1) is 9.24. The maximum Gasteiger partial charge on any atom is 0.125 e. The molecule has 0 saturated carbocycles. The zero-order chi connectivity index (χ0) is 13.7. The number of rotatable bonds is 5. The van der Waals surface area contributed by atoms with Crippen LogP contribution in [0, 0.1) is 6.92 Å². The second-order valence-corrected chi connectivity index (χ2v) is 4.61. The SMILES string of the molecule is CCNC(c1ccc(CC)cc1)c1ccnc(C)n1. The minimum absolute atomic E-state index is 0.137. The van der Waals surface area contributed by atoms with Crippen LogP contribution in [0.5, 0.6) is 0 Å². The van der Waals surface area contributed by atoms with E-state index in [1.165, 1.54) is 11.1 Å². The number of aryl methyl sites for hydroxylation is 2. The van der Waals surface area contributed by atoms with Gasteiger partial charge < -0.3 is 5.32 Å². The Hall–Kier alpha value is -1.74. The number of nitrogens with one attached hydrogen (secondary N) is 1. The van der Waals surface area contributed by atoms with Crippen molar-refractivity contribution in [1.82, 2.24) is 15.3 Å². The van der Waals surface area contributed by atoms with Crippen molar-refractivity contribution in [3.63, 3.8) is 0 Å². The monoisotopic (exact) mass is 255 g/mol. The van der Waals surface area contributed by atoms with E-state index >= 15 is 0 Å². The molecule has 0 amide bonds. The molecule has 0 aliphatic heterocycles. The Morgan fingerprint density at radius 3 is 2.42 bits per heavy atom. The van der Waals surface area contributed by atoms with Crippen molar-refractivity contribution >= 4 is 0 Å². The Kier molecular flexibility index (Phi) is 4.63. The summed E-state index contributed by atoms with van der Waals surface area (Å²) in [5.74, 6) is 0.811. The summed E-state index contributed by atoms with van der Waals surface area (Å²) in [6, 6.07) is 10.9. The highest BCUT2D eigenvalue weighted by Gasteiger charge is 2.14. The molecular weight excluding hydrogens is 234 g/mol. The minimum atomic E-state index is 0.137. The second-order valence-electron chi connectivity index (χ2n) is 4.61. The van der Waals surface area contributed by atoms with E-state index in [1.54, 1.807) is 0 Å². The number of hydrogen-bond acceptors (Lipinski definition) is 3. The molecule has 0 saturated heterocycles. The summed E-state index contributed by atoms with van der Waals surface area (Å²) >= 11 is 0. The van der Waals surface area contributed by atoms with E-state index < -0.39 is 0 Å². The number of nitrogens with zero attached hydrogens (tertiary/aromatic N) is 2. The lowest BCUT2D eigenvalue weighted by molar-refractivity contribution is 0.611. The van der Waals surface area contributed by atoms with Crippen molar-refractivity contribution in [2.45, 2.75) is 33.2 Å². The summed E-state index contributed by atoms with van der Waals surface area (Å²) < 4.78 is 0. The molecule has 2 aromatic rings. The van der Waals surface area contributed by atoms with Gasteiger partial charge in [-0.05, 0) is 37.1 Å². The molecule has 19 heavy (non-hydrogen) atoms. The second kappa shape index (κ2) is 6.43. The van der Waals surface area contributed by atoms with Gasteiger partial charge in [0.2, 0.25) is 0 Å². The largest absolute Gasteiger partial charge is 0.305 e. The molecule has 1 unspecified atom stereocenters. The molecule has 2 rings (SSSR count). The van der Waals surface area contributed by atoms with Crippen molar-refractivity contribution in [2.75, 3.05) is 6.54 Å². The lowest BCUT2D eigenvalue weighted by Crippen LogP contribution is -2.23. The van der Waals surface area contributed by atoms with Gasteiger partial charge in [-0.1, -0.05) is 38.1 Å². The molecule has 1 heterocycles. The maximum atomic E-state index is 4.54. The zero-order valence-electron chi connectivity index (χ0n) is 11.9. The van der Waals surface area contributed by atoms with Crippen LogP contribution >= 0.6 is 0 Å². The van der Waals surface area contributed by atoms with Crippen LogP contribution in [-0.2, 0) is 6.42 Å². The zero-order valence-corrected chi connectivity index (χ0v) is 11.9. The average molecular weight is 255 g/mol. The maximum absolute atomic E-state index is 4.54. The number of aromatic nitrogens is 2. The van der Waals surface area contributed by atoms with Crippen molar-refractivity contribution < 1.29 is 0 Å². The molecule has 0 spiro atoms. The third-order valence-electron chi connectivity index (χ3n) is 3.22. The Balaban J connectivity index is 2.33. The fourth-order valence-electron chi connectivity index (χ4n) is 2.18. The fraction of sp³-hybridized carbons (Fsp3) is 0.375. The Labute approximate surface area is 115 Å². The fourth-order valence-corrected chi connectivity index (χ4v) is 2.18. The molecule has 0 bridgehead atoms. The first-order valence-corrected chi connectivity index (χ1v) is 6.86. The lowest BCUT2D eigenvalue weighted by Gasteiger charge is -2.18.